The molecule has 0 aliphatic carbocycles. The van der Waals surface area contributed by atoms with E-state index in [-0.39, 0.29) is 18.4 Å². The van der Waals surface area contributed by atoms with Gasteiger partial charge in [-0.15, -0.1) is 0 Å². The van der Waals surface area contributed by atoms with Crippen LogP contribution in [0.5, 0.6) is 0 Å². The lowest BCUT2D eigenvalue weighted by Gasteiger charge is -2.15. The Morgan fingerprint density at radius 3 is 2.60 bits per heavy atom. The Balaban J connectivity index is 2.53. The average molecular weight is 281 g/mol. The van der Waals surface area contributed by atoms with Gasteiger partial charge in [0.1, 0.15) is 5.82 Å². The van der Waals surface area contributed by atoms with E-state index < -0.39 is 17.8 Å². The number of nitrogens with one attached hydrogen (secondary N) is 2. The van der Waals surface area contributed by atoms with Gasteiger partial charge in [0.25, 0.3) is 0 Å². The number of amides is 2. The predicted molar refractivity (Wildman–Crippen MR) is 75.6 cm³/mol. The highest BCUT2D eigenvalue weighted by Crippen LogP contribution is 2.16. The van der Waals surface area contributed by atoms with Gasteiger partial charge in [0, 0.05) is 11.3 Å². The van der Waals surface area contributed by atoms with E-state index in [4.69, 9.17) is 5.73 Å². The Hall–Kier alpha value is -1.95. The van der Waals surface area contributed by atoms with Crippen LogP contribution in [0.25, 0.3) is 0 Å². The maximum absolute atomic E-state index is 13.3. The quantitative estimate of drug-likeness (QED) is 0.757. The molecule has 0 radical (unpaired) electrons. The highest BCUT2D eigenvalue weighted by Gasteiger charge is 2.17. The summed E-state index contributed by atoms with van der Waals surface area (Å²) in [7, 11) is 0. The second-order valence-corrected chi connectivity index (χ2v) is 4.95. The number of carbonyl (C=O) groups excluding carboxylic acids is 2. The van der Waals surface area contributed by atoms with E-state index >= 15 is 0 Å². The molecule has 6 heteroatoms. The average Bonchev–Trinajstić information content (AvgIpc) is 2.40. The molecule has 1 aromatic carbocycles. The van der Waals surface area contributed by atoms with Crippen LogP contribution in [-0.2, 0) is 9.59 Å². The fourth-order valence-corrected chi connectivity index (χ4v) is 1.53. The first-order valence-electron chi connectivity index (χ1n) is 6.41. The van der Waals surface area contributed by atoms with E-state index in [2.05, 4.69) is 10.6 Å². The van der Waals surface area contributed by atoms with Crippen LogP contribution in [0.15, 0.2) is 18.2 Å². The predicted octanol–water partition coefficient (Wildman–Crippen LogP) is 1.17. The van der Waals surface area contributed by atoms with Gasteiger partial charge in [-0.3, -0.25) is 9.59 Å². The highest BCUT2D eigenvalue weighted by atomic mass is 19.1. The van der Waals surface area contributed by atoms with Gasteiger partial charge in [-0.05, 0) is 25.0 Å². The molecule has 0 aliphatic rings. The number of halogens is 1. The van der Waals surface area contributed by atoms with Gasteiger partial charge in [0.2, 0.25) is 11.8 Å². The first kappa shape index (κ1) is 16.1. The number of anilines is 1. The number of hydrogen-bond acceptors (Lipinski definition) is 3. The molecule has 0 saturated carbocycles. The van der Waals surface area contributed by atoms with Gasteiger partial charge in [-0.2, -0.15) is 0 Å². The molecule has 0 heterocycles. The number of hydrogen-bond donors (Lipinski definition) is 3. The largest absolute Gasteiger partial charge is 0.346 e. The second kappa shape index (κ2) is 7.00. The third kappa shape index (κ3) is 4.31. The smallest absolute Gasteiger partial charge is 0.243 e. The monoisotopic (exact) mass is 281 g/mol. The van der Waals surface area contributed by atoms with Crippen molar-refractivity contribution in [1.29, 1.82) is 0 Å². The summed E-state index contributed by atoms with van der Waals surface area (Å²) in [5, 5.41) is 4.99. The Kier molecular flexibility index (Phi) is 5.64. The van der Waals surface area contributed by atoms with Crippen molar-refractivity contribution in [2.75, 3.05) is 11.9 Å². The van der Waals surface area contributed by atoms with Crippen LogP contribution >= 0.6 is 0 Å². The van der Waals surface area contributed by atoms with E-state index in [0.717, 1.165) is 0 Å². The Bertz CT molecular complexity index is 503. The highest BCUT2D eigenvalue weighted by molar-refractivity contribution is 5.95. The maximum Gasteiger partial charge on any atom is 0.243 e. The molecular formula is C14H20FN3O2. The van der Waals surface area contributed by atoms with Gasteiger partial charge in [0.15, 0.2) is 0 Å². The number of carbonyl (C=O) groups is 2. The lowest BCUT2D eigenvalue weighted by molar-refractivity contribution is -0.125. The third-order valence-corrected chi connectivity index (χ3v) is 2.99. The summed E-state index contributed by atoms with van der Waals surface area (Å²) >= 11 is 0. The minimum atomic E-state index is -0.654. The molecule has 0 aromatic heterocycles. The minimum absolute atomic E-state index is 0.0106. The summed E-state index contributed by atoms with van der Waals surface area (Å²) < 4.78 is 13.3. The van der Waals surface area contributed by atoms with Crippen molar-refractivity contribution in [3.05, 3.63) is 29.6 Å². The summed E-state index contributed by atoms with van der Waals surface area (Å²) in [4.78, 5) is 23.3. The zero-order chi connectivity index (χ0) is 15.3. The first-order valence-corrected chi connectivity index (χ1v) is 6.41. The summed E-state index contributed by atoms with van der Waals surface area (Å²) in [5.74, 6) is -1.22. The van der Waals surface area contributed by atoms with Crippen molar-refractivity contribution >= 4 is 17.5 Å². The summed E-state index contributed by atoms with van der Waals surface area (Å²) in [6.45, 7) is 5.01. The molecule has 20 heavy (non-hydrogen) atoms. The van der Waals surface area contributed by atoms with Crippen LogP contribution in [0.4, 0.5) is 10.1 Å². The van der Waals surface area contributed by atoms with E-state index in [1.807, 2.05) is 13.8 Å². The molecule has 0 fully saturated rings. The molecule has 4 N–H and O–H groups in total. The Morgan fingerprint density at radius 2 is 2.00 bits per heavy atom. The minimum Gasteiger partial charge on any atom is -0.346 e. The summed E-state index contributed by atoms with van der Waals surface area (Å²) in [5.41, 5.74) is 6.39. The lowest BCUT2D eigenvalue weighted by atomic mass is 10.1. The maximum atomic E-state index is 13.3. The van der Waals surface area contributed by atoms with E-state index in [1.54, 1.807) is 13.0 Å². The van der Waals surface area contributed by atoms with Crippen molar-refractivity contribution in [2.45, 2.75) is 26.8 Å². The summed E-state index contributed by atoms with van der Waals surface area (Å²) in [6, 6.07) is 3.76. The van der Waals surface area contributed by atoms with Crippen molar-refractivity contribution in [2.24, 2.45) is 11.7 Å². The SMILES string of the molecule is Cc1c(F)cccc1NC(=O)CNC(=O)[C@@H](N)C(C)C. The molecule has 0 bridgehead atoms. The molecule has 1 aromatic rings. The molecule has 2 amide bonds. The van der Waals surface area contributed by atoms with Crippen molar-refractivity contribution < 1.29 is 14.0 Å². The van der Waals surface area contributed by atoms with Gasteiger partial charge in [0.05, 0.1) is 12.6 Å². The van der Waals surface area contributed by atoms with Crippen LogP contribution in [0.2, 0.25) is 0 Å². The van der Waals surface area contributed by atoms with Crippen LogP contribution in [0.3, 0.4) is 0 Å². The molecule has 0 aliphatic heterocycles. The standard InChI is InChI=1S/C14H20FN3O2/c1-8(2)13(16)14(20)17-7-12(19)18-11-6-4-5-10(15)9(11)3/h4-6,8,13H,7,16H2,1-3H3,(H,17,20)(H,18,19)/t13-/m0/s1. The first-order chi connectivity index (χ1) is 9.32. The van der Waals surface area contributed by atoms with E-state index in [9.17, 15) is 14.0 Å². The molecule has 0 saturated heterocycles. The van der Waals surface area contributed by atoms with Crippen molar-refractivity contribution in [1.82, 2.24) is 5.32 Å². The van der Waals surface area contributed by atoms with Crippen LogP contribution in [0, 0.1) is 18.7 Å². The fourth-order valence-electron chi connectivity index (χ4n) is 1.53. The lowest BCUT2D eigenvalue weighted by Crippen LogP contribution is -2.46. The third-order valence-electron chi connectivity index (χ3n) is 2.99. The molecule has 0 unspecified atom stereocenters. The number of nitrogens with two attached hydrogens (primary N) is 1. The normalized spacial score (nSPS) is 12.1. The molecular weight excluding hydrogens is 261 g/mol. The van der Waals surface area contributed by atoms with Gasteiger partial charge in [-0.1, -0.05) is 19.9 Å². The zero-order valence-corrected chi connectivity index (χ0v) is 11.9. The van der Waals surface area contributed by atoms with Gasteiger partial charge >= 0.3 is 0 Å². The van der Waals surface area contributed by atoms with Gasteiger partial charge < -0.3 is 16.4 Å². The Morgan fingerprint density at radius 1 is 1.35 bits per heavy atom. The molecule has 5 nitrogen and oxygen atoms in total. The van der Waals surface area contributed by atoms with Crippen LogP contribution in [0.1, 0.15) is 19.4 Å². The van der Waals surface area contributed by atoms with Gasteiger partial charge in [-0.25, -0.2) is 4.39 Å². The Labute approximate surface area is 117 Å². The molecule has 1 rings (SSSR count). The number of benzene rings is 1. The number of rotatable bonds is 5. The molecule has 1 atom stereocenters. The molecule has 0 spiro atoms. The zero-order valence-electron chi connectivity index (χ0n) is 11.9. The fraction of sp³-hybridized carbons (Fsp3) is 0.429. The van der Waals surface area contributed by atoms with Crippen molar-refractivity contribution in [3.63, 3.8) is 0 Å². The van der Waals surface area contributed by atoms with E-state index in [1.165, 1.54) is 12.1 Å². The summed E-state index contributed by atoms with van der Waals surface area (Å²) in [6.07, 6.45) is 0. The van der Waals surface area contributed by atoms with E-state index in [0.29, 0.717) is 11.3 Å². The topological polar surface area (TPSA) is 84.2 Å². The van der Waals surface area contributed by atoms with Crippen LogP contribution in [-0.4, -0.2) is 24.4 Å². The van der Waals surface area contributed by atoms with Crippen LogP contribution < -0.4 is 16.4 Å². The van der Waals surface area contributed by atoms with Crippen molar-refractivity contribution in [3.8, 4) is 0 Å². The second-order valence-electron chi connectivity index (χ2n) is 4.95. The molecule has 110 valence electrons.